The number of hydrogen-bond acceptors (Lipinski definition) is 3. The summed E-state index contributed by atoms with van der Waals surface area (Å²) in [5, 5.41) is 0. The van der Waals surface area contributed by atoms with E-state index >= 15 is 0 Å². The molecule has 0 unspecified atom stereocenters. The zero-order valence-electron chi connectivity index (χ0n) is 13.4. The van der Waals surface area contributed by atoms with E-state index in [1.165, 1.54) is 0 Å². The van der Waals surface area contributed by atoms with Crippen LogP contribution in [0.4, 0.5) is 0 Å². The van der Waals surface area contributed by atoms with Crippen LogP contribution in [0.25, 0.3) is 0 Å². The molecule has 1 aromatic rings. The average molecular weight is 310 g/mol. The van der Waals surface area contributed by atoms with Crippen LogP contribution in [0, 0.1) is 19.8 Å². The van der Waals surface area contributed by atoms with Gasteiger partial charge in [-0.3, -0.25) is 0 Å². The van der Waals surface area contributed by atoms with Crippen molar-refractivity contribution >= 4 is 10.0 Å². The van der Waals surface area contributed by atoms with Gasteiger partial charge in [-0.25, -0.2) is 8.42 Å². The summed E-state index contributed by atoms with van der Waals surface area (Å²) in [5.74, 6) is 0.319. The monoisotopic (exact) mass is 310 g/mol. The number of aryl methyl sites for hydroxylation is 1. The van der Waals surface area contributed by atoms with Crippen molar-refractivity contribution in [2.75, 3.05) is 6.54 Å². The minimum absolute atomic E-state index is 0.179. The lowest BCUT2D eigenvalue weighted by molar-refractivity contribution is 0.360. The van der Waals surface area contributed by atoms with Crippen molar-refractivity contribution in [3.8, 4) is 0 Å². The van der Waals surface area contributed by atoms with Crippen molar-refractivity contribution < 1.29 is 8.42 Å². The molecule has 118 valence electrons. The maximum absolute atomic E-state index is 13.1. The summed E-state index contributed by atoms with van der Waals surface area (Å²) in [6.45, 7) is 8.87. The molecule has 1 aromatic carbocycles. The van der Waals surface area contributed by atoms with Crippen LogP contribution in [0.1, 0.15) is 43.4 Å². The van der Waals surface area contributed by atoms with E-state index in [2.05, 4.69) is 13.8 Å². The standard InChI is InChI=1S/C16H26N2O2S/c1-11(2)10-18(15-5-6-15)21(19,20)16-8-14(9-17)7-12(3)13(16)4/h7-8,11,15H,5-6,9-10,17H2,1-4H3. The van der Waals surface area contributed by atoms with Crippen LogP contribution < -0.4 is 5.73 Å². The first-order valence-corrected chi connectivity index (χ1v) is 9.03. The lowest BCUT2D eigenvalue weighted by atomic mass is 10.1. The van der Waals surface area contributed by atoms with Gasteiger partial charge in [0.25, 0.3) is 0 Å². The quantitative estimate of drug-likeness (QED) is 0.878. The Balaban J connectivity index is 2.49. The third-order valence-electron chi connectivity index (χ3n) is 4.00. The fourth-order valence-corrected chi connectivity index (χ4v) is 4.78. The minimum atomic E-state index is -3.44. The largest absolute Gasteiger partial charge is 0.326 e. The highest BCUT2D eigenvalue weighted by Gasteiger charge is 2.39. The Labute approximate surface area is 128 Å². The van der Waals surface area contributed by atoms with Gasteiger partial charge in [0.05, 0.1) is 4.90 Å². The van der Waals surface area contributed by atoms with Crippen LogP contribution >= 0.6 is 0 Å². The van der Waals surface area contributed by atoms with Crippen molar-refractivity contribution in [3.05, 3.63) is 28.8 Å². The maximum Gasteiger partial charge on any atom is 0.243 e. The summed E-state index contributed by atoms with van der Waals surface area (Å²) in [5.41, 5.74) is 8.39. The second-order valence-corrected chi connectivity index (χ2v) is 8.30. The highest BCUT2D eigenvalue weighted by Crippen LogP contribution is 2.34. The molecule has 0 saturated heterocycles. The van der Waals surface area contributed by atoms with Gasteiger partial charge in [-0.2, -0.15) is 4.31 Å². The van der Waals surface area contributed by atoms with E-state index in [0.29, 0.717) is 23.9 Å². The van der Waals surface area contributed by atoms with Crippen molar-refractivity contribution in [2.45, 2.75) is 58.0 Å². The highest BCUT2D eigenvalue weighted by atomic mass is 32.2. The van der Waals surface area contributed by atoms with Crippen LogP contribution in [0.5, 0.6) is 0 Å². The Bertz CT molecular complexity index is 619. The predicted molar refractivity (Wildman–Crippen MR) is 85.6 cm³/mol. The van der Waals surface area contributed by atoms with Crippen LogP contribution in [0.3, 0.4) is 0 Å². The Morgan fingerprint density at radius 3 is 2.38 bits per heavy atom. The number of hydrogen-bond donors (Lipinski definition) is 1. The van der Waals surface area contributed by atoms with E-state index in [1.807, 2.05) is 19.9 Å². The minimum Gasteiger partial charge on any atom is -0.326 e. The lowest BCUT2D eigenvalue weighted by Crippen LogP contribution is -2.36. The molecule has 0 bridgehead atoms. The van der Waals surface area contributed by atoms with E-state index in [-0.39, 0.29) is 6.04 Å². The summed E-state index contributed by atoms with van der Waals surface area (Å²) >= 11 is 0. The first kappa shape index (κ1) is 16.5. The van der Waals surface area contributed by atoms with Crippen molar-refractivity contribution in [3.63, 3.8) is 0 Å². The molecule has 2 rings (SSSR count). The van der Waals surface area contributed by atoms with Gasteiger partial charge in [-0.15, -0.1) is 0 Å². The highest BCUT2D eigenvalue weighted by molar-refractivity contribution is 7.89. The summed E-state index contributed by atoms with van der Waals surface area (Å²) in [4.78, 5) is 0.426. The molecule has 0 spiro atoms. The van der Waals surface area contributed by atoms with Crippen molar-refractivity contribution in [1.82, 2.24) is 4.31 Å². The molecule has 1 saturated carbocycles. The predicted octanol–water partition coefficient (Wildman–Crippen LogP) is 2.57. The van der Waals surface area contributed by atoms with Crippen LogP contribution in [-0.2, 0) is 16.6 Å². The molecular formula is C16H26N2O2S. The normalized spacial score (nSPS) is 16.0. The summed E-state index contributed by atoms with van der Waals surface area (Å²) in [7, 11) is -3.44. The molecule has 1 aliphatic rings. The zero-order chi connectivity index (χ0) is 15.8. The summed E-state index contributed by atoms with van der Waals surface area (Å²) in [6, 6.07) is 3.89. The maximum atomic E-state index is 13.1. The SMILES string of the molecule is Cc1cc(CN)cc(S(=O)(=O)N(CC(C)C)C2CC2)c1C. The lowest BCUT2D eigenvalue weighted by Gasteiger charge is -2.25. The van der Waals surface area contributed by atoms with Crippen LogP contribution in [0.2, 0.25) is 0 Å². The Morgan fingerprint density at radius 2 is 1.90 bits per heavy atom. The summed E-state index contributed by atoms with van der Waals surface area (Å²) < 4.78 is 27.8. The van der Waals surface area contributed by atoms with E-state index in [9.17, 15) is 8.42 Å². The molecule has 5 heteroatoms. The smallest absolute Gasteiger partial charge is 0.243 e. The first-order valence-electron chi connectivity index (χ1n) is 7.59. The van der Waals surface area contributed by atoms with Crippen molar-refractivity contribution in [1.29, 1.82) is 0 Å². The van der Waals surface area contributed by atoms with E-state index in [4.69, 9.17) is 5.73 Å². The Kier molecular flexibility index (Phi) is 4.76. The van der Waals surface area contributed by atoms with Crippen molar-refractivity contribution in [2.24, 2.45) is 11.7 Å². The van der Waals surface area contributed by atoms with Gasteiger partial charge in [0, 0.05) is 19.1 Å². The number of nitrogens with two attached hydrogens (primary N) is 1. The molecule has 1 fully saturated rings. The molecule has 0 amide bonds. The van der Waals surface area contributed by atoms with Crippen LogP contribution in [-0.4, -0.2) is 25.3 Å². The molecule has 4 nitrogen and oxygen atoms in total. The van der Waals surface area contributed by atoms with Gasteiger partial charge >= 0.3 is 0 Å². The second kappa shape index (κ2) is 6.07. The van der Waals surface area contributed by atoms with E-state index in [0.717, 1.165) is 29.5 Å². The first-order chi connectivity index (χ1) is 9.77. The molecule has 2 N–H and O–H groups in total. The number of benzene rings is 1. The van der Waals surface area contributed by atoms with Crippen LogP contribution in [0.15, 0.2) is 17.0 Å². The third kappa shape index (κ3) is 3.47. The number of rotatable bonds is 6. The van der Waals surface area contributed by atoms with E-state index in [1.54, 1.807) is 10.4 Å². The van der Waals surface area contributed by atoms with Gasteiger partial charge < -0.3 is 5.73 Å². The number of sulfonamides is 1. The molecule has 0 aliphatic heterocycles. The molecule has 0 aromatic heterocycles. The Hall–Kier alpha value is -0.910. The molecule has 1 aliphatic carbocycles. The average Bonchev–Trinajstić information content (AvgIpc) is 3.22. The fourth-order valence-electron chi connectivity index (χ4n) is 2.58. The Morgan fingerprint density at radius 1 is 1.29 bits per heavy atom. The second-order valence-electron chi connectivity index (χ2n) is 6.44. The summed E-state index contributed by atoms with van der Waals surface area (Å²) in [6.07, 6.45) is 1.95. The molecular weight excluding hydrogens is 284 g/mol. The van der Waals surface area contributed by atoms with Gasteiger partial charge in [0.15, 0.2) is 0 Å². The van der Waals surface area contributed by atoms with Gasteiger partial charge in [0.1, 0.15) is 0 Å². The molecule has 0 atom stereocenters. The topological polar surface area (TPSA) is 63.4 Å². The van der Waals surface area contributed by atoms with Gasteiger partial charge in [0.2, 0.25) is 10.0 Å². The third-order valence-corrected chi connectivity index (χ3v) is 6.05. The van der Waals surface area contributed by atoms with Gasteiger partial charge in [-0.05, 0) is 55.4 Å². The number of nitrogens with zero attached hydrogens (tertiary/aromatic N) is 1. The molecule has 0 heterocycles. The van der Waals surface area contributed by atoms with E-state index < -0.39 is 10.0 Å². The molecule has 0 radical (unpaired) electrons. The fraction of sp³-hybridized carbons (Fsp3) is 0.625. The zero-order valence-corrected chi connectivity index (χ0v) is 14.2. The molecule has 21 heavy (non-hydrogen) atoms. The van der Waals surface area contributed by atoms with Gasteiger partial charge in [-0.1, -0.05) is 19.9 Å².